The molecule has 0 bridgehead atoms. The molecule has 1 saturated carbocycles. The van der Waals surface area contributed by atoms with Crippen molar-refractivity contribution in [2.24, 2.45) is 5.41 Å². The third kappa shape index (κ3) is 3.02. The fourth-order valence-electron chi connectivity index (χ4n) is 1.83. The topological polar surface area (TPSA) is 110 Å². The van der Waals surface area contributed by atoms with Gasteiger partial charge in [0.2, 0.25) is 0 Å². The first-order valence-corrected chi connectivity index (χ1v) is 6.71. The third-order valence-electron chi connectivity index (χ3n) is 3.35. The molecule has 9 heteroatoms. The molecule has 1 aromatic carbocycles. The summed E-state index contributed by atoms with van der Waals surface area (Å²) >= 11 is 2.90. The van der Waals surface area contributed by atoms with Crippen LogP contribution < -0.4 is 5.32 Å². The Morgan fingerprint density at radius 3 is 2.57 bits per heavy atom. The van der Waals surface area contributed by atoms with Gasteiger partial charge in [-0.3, -0.25) is 19.7 Å². The summed E-state index contributed by atoms with van der Waals surface area (Å²) in [6.07, 6.45) is 0.903. The minimum Gasteiger partial charge on any atom is -0.481 e. The zero-order valence-electron chi connectivity index (χ0n) is 10.6. The van der Waals surface area contributed by atoms with Crippen molar-refractivity contribution in [1.82, 2.24) is 5.32 Å². The van der Waals surface area contributed by atoms with E-state index in [0.29, 0.717) is 18.9 Å². The van der Waals surface area contributed by atoms with Gasteiger partial charge in [-0.25, -0.2) is 4.39 Å². The molecular formula is C12H10BrFN2O5. The lowest BCUT2D eigenvalue weighted by atomic mass is 10.1. The summed E-state index contributed by atoms with van der Waals surface area (Å²) in [5.74, 6) is -2.70. The van der Waals surface area contributed by atoms with Gasteiger partial charge in [0.1, 0.15) is 10.3 Å². The molecule has 21 heavy (non-hydrogen) atoms. The highest BCUT2D eigenvalue weighted by Crippen LogP contribution is 2.45. The van der Waals surface area contributed by atoms with Crippen molar-refractivity contribution in [3.05, 3.63) is 38.1 Å². The molecule has 0 saturated heterocycles. The molecule has 0 radical (unpaired) electrons. The Morgan fingerprint density at radius 2 is 2.10 bits per heavy atom. The summed E-state index contributed by atoms with van der Waals surface area (Å²) in [5.41, 5.74) is -1.79. The number of nitro benzene ring substituents is 1. The molecule has 112 valence electrons. The van der Waals surface area contributed by atoms with Crippen molar-refractivity contribution in [3.63, 3.8) is 0 Å². The second-order valence-corrected chi connectivity index (χ2v) is 5.60. The number of carbonyl (C=O) groups is 2. The van der Waals surface area contributed by atoms with Crippen molar-refractivity contribution >= 4 is 33.5 Å². The number of carboxylic acids is 1. The fourth-order valence-corrected chi connectivity index (χ4v) is 2.39. The Bertz CT molecular complexity index is 645. The minimum absolute atomic E-state index is 0.0993. The molecule has 0 heterocycles. The molecule has 0 aromatic heterocycles. The molecule has 1 fully saturated rings. The normalized spacial score (nSPS) is 15.3. The average Bonchev–Trinajstić information content (AvgIpc) is 3.19. The Morgan fingerprint density at radius 1 is 1.48 bits per heavy atom. The maximum atomic E-state index is 13.3. The monoisotopic (exact) mass is 360 g/mol. The van der Waals surface area contributed by atoms with Crippen LogP contribution in [0.4, 0.5) is 10.1 Å². The quantitative estimate of drug-likeness (QED) is 0.617. The first-order chi connectivity index (χ1) is 9.77. The highest BCUT2D eigenvalue weighted by molar-refractivity contribution is 9.10. The molecule has 1 aliphatic rings. The molecule has 0 unspecified atom stereocenters. The summed E-state index contributed by atoms with van der Waals surface area (Å²) in [6, 6.07) is 1.55. The molecule has 0 atom stereocenters. The predicted molar refractivity (Wildman–Crippen MR) is 72.4 cm³/mol. The Hall–Kier alpha value is -2.03. The van der Waals surface area contributed by atoms with Crippen molar-refractivity contribution in [2.75, 3.05) is 6.54 Å². The SMILES string of the molecule is O=C(NCC1(C(=O)O)CC1)c1cc(F)cc([N+](=O)[O-])c1Br. The van der Waals surface area contributed by atoms with E-state index in [9.17, 15) is 24.1 Å². The van der Waals surface area contributed by atoms with Gasteiger partial charge >= 0.3 is 5.97 Å². The van der Waals surface area contributed by atoms with E-state index in [1.54, 1.807) is 0 Å². The zero-order chi connectivity index (χ0) is 15.8. The maximum Gasteiger partial charge on any atom is 0.311 e. The van der Waals surface area contributed by atoms with Crippen LogP contribution in [0, 0.1) is 21.3 Å². The van der Waals surface area contributed by atoms with Crippen LogP contribution in [0.25, 0.3) is 0 Å². The summed E-state index contributed by atoms with van der Waals surface area (Å²) in [6.45, 7) is -0.0993. The highest BCUT2D eigenvalue weighted by Gasteiger charge is 2.50. The van der Waals surface area contributed by atoms with E-state index >= 15 is 0 Å². The second kappa shape index (κ2) is 5.40. The van der Waals surface area contributed by atoms with Crippen LogP contribution in [0.3, 0.4) is 0 Å². The van der Waals surface area contributed by atoms with Crippen molar-refractivity contribution in [1.29, 1.82) is 0 Å². The number of nitrogens with zero attached hydrogens (tertiary/aromatic N) is 1. The number of nitro groups is 1. The summed E-state index contributed by atoms with van der Waals surface area (Å²) in [4.78, 5) is 32.9. The number of rotatable bonds is 5. The van der Waals surface area contributed by atoms with E-state index in [1.165, 1.54) is 0 Å². The molecular weight excluding hydrogens is 351 g/mol. The summed E-state index contributed by atoms with van der Waals surface area (Å²) in [7, 11) is 0. The van der Waals surface area contributed by atoms with E-state index in [4.69, 9.17) is 5.11 Å². The molecule has 1 aliphatic carbocycles. The van der Waals surface area contributed by atoms with Gasteiger partial charge in [0.05, 0.1) is 22.0 Å². The van der Waals surface area contributed by atoms with Crippen LogP contribution in [0.15, 0.2) is 16.6 Å². The third-order valence-corrected chi connectivity index (χ3v) is 4.19. The van der Waals surface area contributed by atoms with Gasteiger partial charge in [-0.05, 0) is 34.8 Å². The number of hydrogen-bond donors (Lipinski definition) is 2. The number of aliphatic carboxylic acids is 1. The maximum absolute atomic E-state index is 13.3. The minimum atomic E-state index is -1.01. The van der Waals surface area contributed by atoms with Crippen molar-refractivity contribution < 1.29 is 24.0 Å². The number of nitrogens with one attached hydrogen (secondary N) is 1. The standard InChI is InChI=1S/C12H10BrFN2O5/c13-9-7(3-6(14)4-8(9)16(20)21)10(17)15-5-12(1-2-12)11(18)19/h3-4H,1-2,5H2,(H,15,17)(H,18,19). The number of halogens is 2. The van der Waals surface area contributed by atoms with Crippen LogP contribution >= 0.6 is 15.9 Å². The largest absolute Gasteiger partial charge is 0.481 e. The molecule has 0 spiro atoms. The van der Waals surface area contributed by atoms with Gasteiger partial charge in [0.25, 0.3) is 11.6 Å². The molecule has 1 aromatic rings. The molecule has 0 aliphatic heterocycles. The van der Waals surface area contributed by atoms with E-state index < -0.39 is 33.7 Å². The van der Waals surface area contributed by atoms with E-state index in [2.05, 4.69) is 21.2 Å². The van der Waals surface area contributed by atoms with Gasteiger partial charge < -0.3 is 10.4 Å². The Labute approximate surface area is 126 Å². The number of carbonyl (C=O) groups excluding carboxylic acids is 1. The van der Waals surface area contributed by atoms with Crippen LogP contribution in [0.1, 0.15) is 23.2 Å². The summed E-state index contributed by atoms with van der Waals surface area (Å²) in [5, 5.41) is 22.1. The average molecular weight is 361 g/mol. The van der Waals surface area contributed by atoms with Crippen molar-refractivity contribution in [3.8, 4) is 0 Å². The fraction of sp³-hybridized carbons (Fsp3) is 0.333. The summed E-state index contributed by atoms with van der Waals surface area (Å²) < 4.78 is 13.2. The Kier molecular flexibility index (Phi) is 3.95. The number of hydrogen-bond acceptors (Lipinski definition) is 4. The second-order valence-electron chi connectivity index (χ2n) is 4.81. The van der Waals surface area contributed by atoms with Crippen LogP contribution in [-0.2, 0) is 4.79 Å². The molecule has 2 rings (SSSR count). The zero-order valence-corrected chi connectivity index (χ0v) is 12.1. The first kappa shape index (κ1) is 15.4. The van der Waals surface area contributed by atoms with Gasteiger partial charge in [-0.15, -0.1) is 0 Å². The van der Waals surface area contributed by atoms with Gasteiger partial charge in [0.15, 0.2) is 0 Å². The van der Waals surface area contributed by atoms with Crippen LogP contribution in [0.5, 0.6) is 0 Å². The number of benzene rings is 1. The molecule has 2 N–H and O–H groups in total. The number of carboxylic acid groups (broad SMARTS) is 1. The van der Waals surface area contributed by atoms with Gasteiger partial charge in [-0.1, -0.05) is 0 Å². The van der Waals surface area contributed by atoms with Crippen LogP contribution in [0.2, 0.25) is 0 Å². The van der Waals surface area contributed by atoms with E-state index in [-0.39, 0.29) is 16.6 Å². The van der Waals surface area contributed by atoms with Gasteiger partial charge in [-0.2, -0.15) is 0 Å². The lowest BCUT2D eigenvalue weighted by Gasteiger charge is -2.12. The van der Waals surface area contributed by atoms with E-state index in [0.717, 1.165) is 6.07 Å². The highest BCUT2D eigenvalue weighted by atomic mass is 79.9. The number of amides is 1. The molecule has 1 amide bonds. The van der Waals surface area contributed by atoms with Gasteiger partial charge in [0, 0.05) is 6.54 Å². The Balaban J connectivity index is 2.20. The predicted octanol–water partition coefficient (Wildman–Crippen LogP) is 2.09. The lowest BCUT2D eigenvalue weighted by molar-refractivity contribution is -0.385. The smallest absolute Gasteiger partial charge is 0.311 e. The lowest BCUT2D eigenvalue weighted by Crippen LogP contribution is -2.34. The van der Waals surface area contributed by atoms with E-state index in [1.807, 2.05) is 0 Å². The van der Waals surface area contributed by atoms with Crippen molar-refractivity contribution in [2.45, 2.75) is 12.8 Å². The first-order valence-electron chi connectivity index (χ1n) is 5.92. The van der Waals surface area contributed by atoms with Crippen LogP contribution in [-0.4, -0.2) is 28.5 Å². The molecule has 7 nitrogen and oxygen atoms in total.